The number of esters is 1. The Morgan fingerprint density at radius 3 is 3.17 bits per heavy atom. The highest BCUT2D eigenvalue weighted by atomic mass is 32.1. The highest BCUT2D eigenvalue weighted by Gasteiger charge is 2.20. The van der Waals surface area contributed by atoms with E-state index in [1.54, 1.807) is 12.1 Å². The normalized spacial score (nSPS) is 9.61. The number of furan rings is 1. The van der Waals surface area contributed by atoms with E-state index < -0.39 is 5.97 Å². The van der Waals surface area contributed by atoms with E-state index >= 15 is 0 Å². The van der Waals surface area contributed by atoms with Crippen LogP contribution in [0.25, 0.3) is 10.6 Å². The van der Waals surface area contributed by atoms with Crippen LogP contribution in [0.3, 0.4) is 0 Å². The van der Waals surface area contributed by atoms with Crippen molar-refractivity contribution in [2.75, 3.05) is 6.61 Å². The topological polar surface area (TPSA) is 65.2 Å². The van der Waals surface area contributed by atoms with Gasteiger partial charge in [0, 0.05) is 6.42 Å². The van der Waals surface area contributed by atoms with Gasteiger partial charge in [-0.2, -0.15) is 0 Å². The van der Waals surface area contributed by atoms with E-state index in [0.29, 0.717) is 10.6 Å². The Morgan fingerprint density at radius 1 is 1.56 bits per heavy atom. The van der Waals surface area contributed by atoms with Gasteiger partial charge in [0.25, 0.3) is 0 Å². The standard InChI is InChI=1S/C12H10N2O3S/c1-2-3-4-7-17-12(15)10-11(18-14-13-10)9-6-5-8-16-9/h5-6,8H,2,7H2,1H3. The zero-order valence-electron chi connectivity index (χ0n) is 9.67. The van der Waals surface area contributed by atoms with Crippen molar-refractivity contribution in [3.8, 4) is 22.5 Å². The lowest BCUT2D eigenvalue weighted by molar-refractivity contribution is 0.0550. The summed E-state index contributed by atoms with van der Waals surface area (Å²) in [5, 5.41) is 3.76. The Bertz CT molecular complexity index is 578. The first-order chi connectivity index (χ1) is 8.83. The second kappa shape index (κ2) is 5.98. The lowest BCUT2D eigenvalue weighted by Crippen LogP contribution is -2.07. The molecule has 18 heavy (non-hydrogen) atoms. The highest BCUT2D eigenvalue weighted by Crippen LogP contribution is 2.26. The minimum Gasteiger partial charge on any atom is -0.463 e. The average Bonchev–Trinajstić information content (AvgIpc) is 3.02. The Balaban J connectivity index is 2.10. The van der Waals surface area contributed by atoms with Gasteiger partial charge in [-0.05, 0) is 23.7 Å². The van der Waals surface area contributed by atoms with Crippen molar-refractivity contribution in [2.45, 2.75) is 13.3 Å². The molecule has 0 N–H and O–H groups in total. The largest absolute Gasteiger partial charge is 0.463 e. The van der Waals surface area contributed by atoms with Gasteiger partial charge in [0.15, 0.2) is 12.3 Å². The van der Waals surface area contributed by atoms with Crippen LogP contribution in [0.2, 0.25) is 0 Å². The van der Waals surface area contributed by atoms with Crippen molar-refractivity contribution < 1.29 is 13.9 Å². The minimum atomic E-state index is -0.541. The molecule has 0 fully saturated rings. The Kier molecular flexibility index (Phi) is 4.10. The molecule has 5 nitrogen and oxygen atoms in total. The Hall–Kier alpha value is -2.13. The lowest BCUT2D eigenvalue weighted by atomic mass is 10.3. The molecular weight excluding hydrogens is 252 g/mol. The van der Waals surface area contributed by atoms with Gasteiger partial charge in [-0.15, -0.1) is 11.0 Å². The number of ether oxygens (including phenoxy) is 1. The number of hydrogen-bond acceptors (Lipinski definition) is 6. The van der Waals surface area contributed by atoms with E-state index in [1.807, 2.05) is 6.92 Å². The third-order valence-electron chi connectivity index (χ3n) is 2.00. The van der Waals surface area contributed by atoms with Crippen molar-refractivity contribution in [3.63, 3.8) is 0 Å². The first kappa shape index (κ1) is 12.3. The summed E-state index contributed by atoms with van der Waals surface area (Å²) in [6.07, 6.45) is 2.25. The summed E-state index contributed by atoms with van der Waals surface area (Å²) >= 11 is 1.09. The number of rotatable bonds is 3. The van der Waals surface area contributed by atoms with E-state index in [-0.39, 0.29) is 12.3 Å². The number of aromatic nitrogens is 2. The fourth-order valence-corrected chi connectivity index (χ4v) is 1.86. The van der Waals surface area contributed by atoms with Crippen molar-refractivity contribution in [1.82, 2.24) is 9.59 Å². The second-order valence-corrected chi connectivity index (χ2v) is 3.97. The molecule has 0 radical (unpaired) electrons. The molecule has 92 valence electrons. The SMILES string of the molecule is CCC#CCOC(=O)c1nnsc1-c1ccco1. The molecular formula is C12H10N2O3S. The third-order valence-corrected chi connectivity index (χ3v) is 2.74. The monoisotopic (exact) mass is 262 g/mol. The van der Waals surface area contributed by atoms with Crippen LogP contribution in [0.1, 0.15) is 23.8 Å². The van der Waals surface area contributed by atoms with E-state index in [2.05, 4.69) is 21.4 Å². The van der Waals surface area contributed by atoms with Gasteiger partial charge in [0.05, 0.1) is 6.26 Å². The minimum absolute atomic E-state index is 0.0573. The molecule has 0 bridgehead atoms. The number of hydrogen-bond donors (Lipinski definition) is 0. The smallest absolute Gasteiger partial charge is 0.361 e. The van der Waals surface area contributed by atoms with E-state index in [1.165, 1.54) is 6.26 Å². The predicted octanol–water partition coefficient (Wildman–Crippen LogP) is 2.37. The quantitative estimate of drug-likeness (QED) is 0.627. The van der Waals surface area contributed by atoms with Gasteiger partial charge in [0.2, 0.25) is 0 Å². The molecule has 0 saturated carbocycles. The first-order valence-electron chi connectivity index (χ1n) is 5.32. The summed E-state index contributed by atoms with van der Waals surface area (Å²) in [5.41, 5.74) is 0.160. The number of carbonyl (C=O) groups excluding carboxylic acids is 1. The lowest BCUT2D eigenvalue weighted by Gasteiger charge is -1.98. The zero-order valence-corrected chi connectivity index (χ0v) is 10.5. The Morgan fingerprint density at radius 2 is 2.44 bits per heavy atom. The van der Waals surface area contributed by atoms with E-state index in [0.717, 1.165) is 18.0 Å². The molecule has 0 aromatic carbocycles. The summed E-state index contributed by atoms with van der Waals surface area (Å²) in [6, 6.07) is 3.47. The molecule has 0 atom stereocenters. The van der Waals surface area contributed by atoms with Crippen LogP contribution in [0, 0.1) is 11.8 Å². The molecule has 0 unspecified atom stereocenters. The number of carbonyl (C=O) groups is 1. The second-order valence-electron chi connectivity index (χ2n) is 3.21. The van der Waals surface area contributed by atoms with Crippen LogP contribution in [-0.4, -0.2) is 22.2 Å². The van der Waals surface area contributed by atoms with Crippen LogP contribution in [-0.2, 0) is 4.74 Å². The molecule has 0 spiro atoms. The van der Waals surface area contributed by atoms with Crippen LogP contribution >= 0.6 is 11.5 Å². The molecule has 6 heteroatoms. The van der Waals surface area contributed by atoms with Crippen molar-refractivity contribution >= 4 is 17.5 Å². The molecule has 0 aliphatic carbocycles. The van der Waals surface area contributed by atoms with Crippen LogP contribution in [0.15, 0.2) is 22.8 Å². The van der Waals surface area contributed by atoms with Crippen LogP contribution < -0.4 is 0 Å². The van der Waals surface area contributed by atoms with Crippen molar-refractivity contribution in [3.05, 3.63) is 24.1 Å². The summed E-state index contributed by atoms with van der Waals surface area (Å²) in [4.78, 5) is 12.3. The van der Waals surface area contributed by atoms with Gasteiger partial charge in [-0.3, -0.25) is 0 Å². The molecule has 0 aliphatic heterocycles. The maximum Gasteiger partial charge on any atom is 0.361 e. The number of nitrogens with zero attached hydrogens (tertiary/aromatic N) is 2. The van der Waals surface area contributed by atoms with Gasteiger partial charge in [0.1, 0.15) is 10.6 Å². The summed E-state index contributed by atoms with van der Waals surface area (Å²) < 4.78 is 13.9. The van der Waals surface area contributed by atoms with E-state index in [4.69, 9.17) is 9.15 Å². The highest BCUT2D eigenvalue weighted by molar-refractivity contribution is 7.09. The maximum absolute atomic E-state index is 11.8. The fraction of sp³-hybridized carbons (Fsp3) is 0.250. The molecule has 0 saturated heterocycles. The first-order valence-corrected chi connectivity index (χ1v) is 6.09. The van der Waals surface area contributed by atoms with E-state index in [9.17, 15) is 4.79 Å². The summed E-state index contributed by atoms with van der Waals surface area (Å²) in [5.74, 6) is 5.54. The molecule has 2 rings (SSSR count). The molecule has 2 aromatic heterocycles. The molecule has 2 aromatic rings. The van der Waals surface area contributed by atoms with Gasteiger partial charge in [-0.1, -0.05) is 17.3 Å². The Labute approximate surface area is 108 Å². The average molecular weight is 262 g/mol. The van der Waals surface area contributed by atoms with Crippen LogP contribution in [0.4, 0.5) is 0 Å². The molecule has 2 heterocycles. The zero-order chi connectivity index (χ0) is 12.8. The van der Waals surface area contributed by atoms with Gasteiger partial charge < -0.3 is 9.15 Å². The fourth-order valence-electron chi connectivity index (χ4n) is 1.24. The van der Waals surface area contributed by atoms with Crippen molar-refractivity contribution in [1.29, 1.82) is 0 Å². The maximum atomic E-state index is 11.8. The molecule has 0 aliphatic rings. The third kappa shape index (κ3) is 2.76. The molecule has 0 amide bonds. The van der Waals surface area contributed by atoms with Crippen molar-refractivity contribution in [2.24, 2.45) is 0 Å². The summed E-state index contributed by atoms with van der Waals surface area (Å²) in [6.45, 7) is 1.98. The predicted molar refractivity (Wildman–Crippen MR) is 66.0 cm³/mol. The van der Waals surface area contributed by atoms with Gasteiger partial charge in [-0.25, -0.2) is 4.79 Å². The van der Waals surface area contributed by atoms with Gasteiger partial charge >= 0.3 is 5.97 Å². The summed E-state index contributed by atoms with van der Waals surface area (Å²) in [7, 11) is 0. The van der Waals surface area contributed by atoms with Crippen LogP contribution in [0.5, 0.6) is 0 Å².